The molecule has 1 aliphatic rings. The third kappa shape index (κ3) is 2.79. The van der Waals surface area contributed by atoms with Gasteiger partial charge in [0.15, 0.2) is 0 Å². The Hall–Kier alpha value is -1.01. The minimum Gasteiger partial charge on any atom is -0.378 e. The Kier molecular flexibility index (Phi) is 3.79. The summed E-state index contributed by atoms with van der Waals surface area (Å²) < 4.78 is 18.6. The summed E-state index contributed by atoms with van der Waals surface area (Å²) in [5.74, 6) is -0.414. The topological polar surface area (TPSA) is 34.1 Å². The first-order valence-electron chi connectivity index (χ1n) is 5.96. The minimum atomic E-state index is -0.414. The minimum absolute atomic E-state index is 0.117. The number of ether oxygens (including phenoxy) is 1. The molecule has 6 heteroatoms. The predicted molar refractivity (Wildman–Crippen MR) is 74.1 cm³/mol. The fourth-order valence-corrected chi connectivity index (χ4v) is 3.03. The van der Waals surface area contributed by atoms with E-state index >= 15 is 0 Å². The number of nitrogens with one attached hydrogen (secondary N) is 1. The molecule has 1 aromatic heterocycles. The lowest BCUT2D eigenvalue weighted by Gasteiger charge is -2.21. The largest absolute Gasteiger partial charge is 0.378 e. The first kappa shape index (κ1) is 13.0. The standard InChI is InChI=1S/C13H12ClFN2OS/c14-9-5-8(1-2-10(9)15)12-7-19-13(17-12)11-6-18-4-3-16-11/h1-2,5,7,11,16H,3-4,6H2. The van der Waals surface area contributed by atoms with Crippen LogP contribution < -0.4 is 5.32 Å². The Labute approximate surface area is 119 Å². The van der Waals surface area contributed by atoms with E-state index in [-0.39, 0.29) is 11.1 Å². The molecule has 0 aliphatic carbocycles. The molecule has 0 radical (unpaired) electrons. The van der Waals surface area contributed by atoms with Crippen LogP contribution in [0.15, 0.2) is 23.6 Å². The zero-order chi connectivity index (χ0) is 13.2. The molecule has 1 saturated heterocycles. The van der Waals surface area contributed by atoms with Gasteiger partial charge in [-0.05, 0) is 18.2 Å². The third-order valence-electron chi connectivity index (χ3n) is 2.96. The lowest BCUT2D eigenvalue weighted by Crippen LogP contribution is -2.34. The SMILES string of the molecule is Fc1ccc(-c2csc(C3COCCN3)n2)cc1Cl. The van der Waals surface area contributed by atoms with Crippen molar-refractivity contribution in [1.29, 1.82) is 0 Å². The van der Waals surface area contributed by atoms with Gasteiger partial charge < -0.3 is 10.1 Å². The van der Waals surface area contributed by atoms with Gasteiger partial charge in [-0.15, -0.1) is 11.3 Å². The molecule has 100 valence electrons. The number of hydrogen-bond donors (Lipinski definition) is 1. The van der Waals surface area contributed by atoms with Gasteiger partial charge in [0.2, 0.25) is 0 Å². The van der Waals surface area contributed by atoms with Crippen LogP contribution in [-0.4, -0.2) is 24.7 Å². The normalized spacial score (nSPS) is 19.6. The van der Waals surface area contributed by atoms with Crippen molar-refractivity contribution in [2.24, 2.45) is 0 Å². The van der Waals surface area contributed by atoms with E-state index in [0.717, 1.165) is 29.4 Å². The molecule has 1 N–H and O–H groups in total. The van der Waals surface area contributed by atoms with Crippen molar-refractivity contribution in [1.82, 2.24) is 10.3 Å². The third-order valence-corrected chi connectivity index (χ3v) is 4.21. The quantitative estimate of drug-likeness (QED) is 0.924. The van der Waals surface area contributed by atoms with E-state index < -0.39 is 5.82 Å². The first-order valence-corrected chi connectivity index (χ1v) is 7.22. The number of morpholine rings is 1. The number of rotatable bonds is 2. The van der Waals surface area contributed by atoms with Gasteiger partial charge >= 0.3 is 0 Å². The second kappa shape index (κ2) is 5.54. The van der Waals surface area contributed by atoms with E-state index in [4.69, 9.17) is 16.3 Å². The molecule has 19 heavy (non-hydrogen) atoms. The zero-order valence-electron chi connectivity index (χ0n) is 10.0. The van der Waals surface area contributed by atoms with Crippen molar-refractivity contribution >= 4 is 22.9 Å². The summed E-state index contributed by atoms with van der Waals surface area (Å²) in [6, 6.07) is 4.78. The second-order valence-electron chi connectivity index (χ2n) is 4.28. The van der Waals surface area contributed by atoms with Crippen LogP contribution >= 0.6 is 22.9 Å². The van der Waals surface area contributed by atoms with Crippen LogP contribution in [0.1, 0.15) is 11.0 Å². The molecular weight excluding hydrogens is 287 g/mol. The van der Waals surface area contributed by atoms with Crippen LogP contribution in [0.2, 0.25) is 5.02 Å². The summed E-state index contributed by atoms with van der Waals surface area (Å²) in [6.07, 6.45) is 0. The second-order valence-corrected chi connectivity index (χ2v) is 5.58. The smallest absolute Gasteiger partial charge is 0.141 e. The Morgan fingerprint density at radius 1 is 1.47 bits per heavy atom. The van der Waals surface area contributed by atoms with E-state index in [2.05, 4.69) is 10.3 Å². The highest BCUT2D eigenvalue weighted by molar-refractivity contribution is 7.10. The predicted octanol–water partition coefficient (Wildman–Crippen LogP) is 3.26. The number of hydrogen-bond acceptors (Lipinski definition) is 4. The summed E-state index contributed by atoms with van der Waals surface area (Å²) in [6.45, 7) is 2.21. The van der Waals surface area contributed by atoms with Gasteiger partial charge in [-0.2, -0.15) is 0 Å². The molecule has 2 aromatic rings. The maximum absolute atomic E-state index is 13.1. The number of halogens is 2. The van der Waals surface area contributed by atoms with Crippen molar-refractivity contribution in [3.63, 3.8) is 0 Å². The Morgan fingerprint density at radius 3 is 3.11 bits per heavy atom. The van der Waals surface area contributed by atoms with Gasteiger partial charge in [-0.1, -0.05) is 11.6 Å². The van der Waals surface area contributed by atoms with E-state index in [1.54, 1.807) is 23.5 Å². The average molecular weight is 299 g/mol. The zero-order valence-corrected chi connectivity index (χ0v) is 11.6. The van der Waals surface area contributed by atoms with Crippen molar-refractivity contribution in [3.8, 4) is 11.3 Å². The van der Waals surface area contributed by atoms with Gasteiger partial charge in [-0.25, -0.2) is 9.37 Å². The molecule has 1 unspecified atom stereocenters. The number of aromatic nitrogens is 1. The maximum Gasteiger partial charge on any atom is 0.141 e. The van der Waals surface area contributed by atoms with Crippen molar-refractivity contribution in [2.75, 3.05) is 19.8 Å². The van der Waals surface area contributed by atoms with E-state index in [1.165, 1.54) is 6.07 Å². The molecule has 1 aliphatic heterocycles. The molecule has 1 atom stereocenters. The Balaban J connectivity index is 1.85. The van der Waals surface area contributed by atoms with Crippen molar-refractivity contribution < 1.29 is 9.13 Å². The van der Waals surface area contributed by atoms with Gasteiger partial charge in [0, 0.05) is 17.5 Å². The van der Waals surface area contributed by atoms with Gasteiger partial charge in [-0.3, -0.25) is 0 Å². The average Bonchev–Trinajstić information content (AvgIpc) is 2.93. The Bertz CT molecular complexity index is 584. The summed E-state index contributed by atoms with van der Waals surface area (Å²) in [5, 5.41) is 6.41. The van der Waals surface area contributed by atoms with Crippen LogP contribution in [0.4, 0.5) is 4.39 Å². The molecule has 0 saturated carbocycles. The van der Waals surface area contributed by atoms with Crippen LogP contribution in [0.25, 0.3) is 11.3 Å². The summed E-state index contributed by atoms with van der Waals surface area (Å²) >= 11 is 7.36. The highest BCUT2D eigenvalue weighted by atomic mass is 35.5. The molecule has 3 rings (SSSR count). The molecular formula is C13H12ClFN2OS. The van der Waals surface area contributed by atoms with Crippen LogP contribution in [0.3, 0.4) is 0 Å². The van der Waals surface area contributed by atoms with Gasteiger partial charge in [0.25, 0.3) is 0 Å². The van der Waals surface area contributed by atoms with E-state index in [9.17, 15) is 4.39 Å². The van der Waals surface area contributed by atoms with Crippen LogP contribution in [-0.2, 0) is 4.74 Å². The van der Waals surface area contributed by atoms with E-state index in [1.807, 2.05) is 5.38 Å². The fraction of sp³-hybridized carbons (Fsp3) is 0.308. The molecule has 0 amide bonds. The fourth-order valence-electron chi connectivity index (χ4n) is 1.96. The lowest BCUT2D eigenvalue weighted by molar-refractivity contribution is 0.0768. The molecule has 0 bridgehead atoms. The summed E-state index contributed by atoms with van der Waals surface area (Å²) in [4.78, 5) is 4.57. The maximum atomic E-state index is 13.1. The van der Waals surface area contributed by atoms with Crippen molar-refractivity contribution in [2.45, 2.75) is 6.04 Å². The van der Waals surface area contributed by atoms with E-state index in [0.29, 0.717) is 6.61 Å². The molecule has 0 spiro atoms. The van der Waals surface area contributed by atoms with Crippen molar-refractivity contribution in [3.05, 3.63) is 39.4 Å². The highest BCUT2D eigenvalue weighted by Crippen LogP contribution is 2.28. The number of benzene rings is 1. The van der Waals surface area contributed by atoms with Gasteiger partial charge in [0.05, 0.1) is 30.0 Å². The van der Waals surface area contributed by atoms with Crippen LogP contribution in [0.5, 0.6) is 0 Å². The first-order chi connectivity index (χ1) is 9.24. The summed E-state index contributed by atoms with van der Waals surface area (Å²) in [7, 11) is 0. The lowest BCUT2D eigenvalue weighted by atomic mass is 10.2. The molecule has 3 nitrogen and oxygen atoms in total. The molecule has 1 fully saturated rings. The Morgan fingerprint density at radius 2 is 2.37 bits per heavy atom. The summed E-state index contributed by atoms with van der Waals surface area (Å²) in [5.41, 5.74) is 1.64. The molecule has 1 aromatic carbocycles. The van der Waals surface area contributed by atoms with Gasteiger partial charge in [0.1, 0.15) is 10.8 Å². The number of nitrogens with zero attached hydrogens (tertiary/aromatic N) is 1. The van der Waals surface area contributed by atoms with Crippen LogP contribution in [0, 0.1) is 5.82 Å². The molecule has 2 heterocycles. The monoisotopic (exact) mass is 298 g/mol. The number of thiazole rings is 1. The highest BCUT2D eigenvalue weighted by Gasteiger charge is 2.19.